The molecule has 0 saturated heterocycles. The average molecular weight is 261 g/mol. The van der Waals surface area contributed by atoms with E-state index >= 15 is 0 Å². The van der Waals surface area contributed by atoms with Crippen molar-refractivity contribution in [1.82, 2.24) is 9.78 Å². The number of anilines is 1. The second kappa shape index (κ2) is 6.13. The molecule has 0 aliphatic rings. The number of ether oxygens (including phenoxy) is 2. The van der Waals surface area contributed by atoms with Crippen molar-refractivity contribution in [1.29, 1.82) is 0 Å². The van der Waals surface area contributed by atoms with Crippen LogP contribution in [0.3, 0.4) is 0 Å². The highest BCUT2D eigenvalue weighted by Crippen LogP contribution is 2.25. The molecule has 1 aromatic heterocycles. The number of hydrogen-bond donors (Lipinski definition) is 1. The SMILES string of the molecule is COc1ccc(CCCn2cc(N)cn2)c(OC)c1. The summed E-state index contributed by atoms with van der Waals surface area (Å²) >= 11 is 0. The average Bonchev–Trinajstić information content (AvgIpc) is 2.84. The van der Waals surface area contributed by atoms with Gasteiger partial charge in [-0.15, -0.1) is 0 Å². The quantitative estimate of drug-likeness (QED) is 0.865. The third kappa shape index (κ3) is 3.40. The van der Waals surface area contributed by atoms with E-state index in [0.717, 1.165) is 30.9 Å². The summed E-state index contributed by atoms with van der Waals surface area (Å²) < 4.78 is 12.4. The van der Waals surface area contributed by atoms with Crippen molar-refractivity contribution in [2.75, 3.05) is 20.0 Å². The summed E-state index contributed by atoms with van der Waals surface area (Å²) in [5.74, 6) is 1.67. The fraction of sp³-hybridized carbons (Fsp3) is 0.357. The summed E-state index contributed by atoms with van der Waals surface area (Å²) in [6.45, 7) is 0.840. The van der Waals surface area contributed by atoms with Crippen LogP contribution >= 0.6 is 0 Å². The predicted molar refractivity (Wildman–Crippen MR) is 74.5 cm³/mol. The Labute approximate surface area is 112 Å². The van der Waals surface area contributed by atoms with Crippen LogP contribution < -0.4 is 15.2 Å². The van der Waals surface area contributed by atoms with E-state index in [2.05, 4.69) is 5.10 Å². The number of aromatic nitrogens is 2. The molecule has 0 saturated carbocycles. The number of nitrogens with two attached hydrogens (primary N) is 1. The Hall–Kier alpha value is -2.17. The van der Waals surface area contributed by atoms with Gasteiger partial charge in [0.1, 0.15) is 11.5 Å². The van der Waals surface area contributed by atoms with Gasteiger partial charge in [-0.3, -0.25) is 4.68 Å². The van der Waals surface area contributed by atoms with Gasteiger partial charge in [-0.05, 0) is 24.5 Å². The molecule has 5 nitrogen and oxygen atoms in total. The van der Waals surface area contributed by atoms with Crippen LogP contribution in [0.5, 0.6) is 11.5 Å². The zero-order chi connectivity index (χ0) is 13.7. The monoisotopic (exact) mass is 261 g/mol. The lowest BCUT2D eigenvalue weighted by molar-refractivity contribution is 0.390. The second-order valence-electron chi connectivity index (χ2n) is 4.32. The predicted octanol–water partition coefficient (Wildman–Crippen LogP) is 2.12. The Bertz CT molecular complexity index is 537. The number of rotatable bonds is 6. The maximum Gasteiger partial charge on any atom is 0.125 e. The van der Waals surface area contributed by atoms with Crippen molar-refractivity contribution in [3.05, 3.63) is 36.2 Å². The van der Waals surface area contributed by atoms with Gasteiger partial charge in [0, 0.05) is 18.8 Å². The van der Waals surface area contributed by atoms with Crippen molar-refractivity contribution in [2.45, 2.75) is 19.4 Å². The van der Waals surface area contributed by atoms with Gasteiger partial charge in [0.05, 0.1) is 26.1 Å². The summed E-state index contributed by atoms with van der Waals surface area (Å²) in [5.41, 5.74) is 7.49. The first-order valence-electron chi connectivity index (χ1n) is 6.21. The van der Waals surface area contributed by atoms with Crippen molar-refractivity contribution in [2.24, 2.45) is 0 Å². The molecule has 0 aliphatic carbocycles. The van der Waals surface area contributed by atoms with Gasteiger partial charge >= 0.3 is 0 Å². The molecule has 1 aromatic carbocycles. The van der Waals surface area contributed by atoms with Gasteiger partial charge in [0.2, 0.25) is 0 Å². The number of hydrogen-bond acceptors (Lipinski definition) is 4. The van der Waals surface area contributed by atoms with E-state index in [1.54, 1.807) is 20.4 Å². The maximum atomic E-state index is 5.62. The van der Waals surface area contributed by atoms with Gasteiger partial charge in [0.25, 0.3) is 0 Å². The van der Waals surface area contributed by atoms with Crippen molar-refractivity contribution < 1.29 is 9.47 Å². The summed E-state index contributed by atoms with van der Waals surface area (Å²) in [6, 6.07) is 5.89. The van der Waals surface area contributed by atoms with Crippen LogP contribution in [-0.4, -0.2) is 24.0 Å². The Morgan fingerprint density at radius 3 is 2.74 bits per heavy atom. The van der Waals surface area contributed by atoms with Crippen molar-refractivity contribution >= 4 is 5.69 Å². The molecule has 0 bridgehead atoms. The van der Waals surface area contributed by atoms with Gasteiger partial charge in [-0.1, -0.05) is 6.07 Å². The summed E-state index contributed by atoms with van der Waals surface area (Å²) in [7, 11) is 3.32. The molecule has 19 heavy (non-hydrogen) atoms. The second-order valence-corrected chi connectivity index (χ2v) is 4.32. The molecule has 0 radical (unpaired) electrons. The molecule has 5 heteroatoms. The molecular formula is C14H19N3O2. The lowest BCUT2D eigenvalue weighted by Gasteiger charge is -2.10. The van der Waals surface area contributed by atoms with Crippen LogP contribution in [0.1, 0.15) is 12.0 Å². The highest BCUT2D eigenvalue weighted by atomic mass is 16.5. The minimum atomic E-state index is 0.696. The zero-order valence-electron chi connectivity index (χ0n) is 11.3. The summed E-state index contributed by atoms with van der Waals surface area (Å²) in [4.78, 5) is 0. The highest BCUT2D eigenvalue weighted by molar-refractivity contribution is 5.40. The van der Waals surface area contributed by atoms with Gasteiger partial charge in [-0.25, -0.2) is 0 Å². The molecule has 0 aliphatic heterocycles. The number of methoxy groups -OCH3 is 2. The molecule has 0 atom stereocenters. The lowest BCUT2D eigenvalue weighted by atomic mass is 10.1. The lowest BCUT2D eigenvalue weighted by Crippen LogP contribution is -2.01. The molecule has 1 heterocycles. The van der Waals surface area contributed by atoms with E-state index in [1.807, 2.05) is 29.1 Å². The van der Waals surface area contributed by atoms with Crippen molar-refractivity contribution in [3.8, 4) is 11.5 Å². The molecule has 2 rings (SSSR count). The Morgan fingerprint density at radius 1 is 1.26 bits per heavy atom. The van der Waals surface area contributed by atoms with E-state index < -0.39 is 0 Å². The van der Waals surface area contributed by atoms with E-state index in [0.29, 0.717) is 5.69 Å². The zero-order valence-corrected chi connectivity index (χ0v) is 11.3. The van der Waals surface area contributed by atoms with Crippen LogP contribution in [0, 0.1) is 0 Å². The number of aryl methyl sites for hydroxylation is 2. The van der Waals surface area contributed by atoms with Gasteiger partial charge in [0.15, 0.2) is 0 Å². The third-order valence-corrected chi connectivity index (χ3v) is 2.98. The molecule has 2 N–H and O–H groups in total. The minimum Gasteiger partial charge on any atom is -0.497 e. The number of nitrogen functional groups attached to an aromatic ring is 1. The smallest absolute Gasteiger partial charge is 0.125 e. The third-order valence-electron chi connectivity index (χ3n) is 2.98. The van der Waals surface area contributed by atoms with Gasteiger partial charge in [-0.2, -0.15) is 5.10 Å². The van der Waals surface area contributed by atoms with E-state index in [4.69, 9.17) is 15.2 Å². The van der Waals surface area contributed by atoms with Crippen LogP contribution in [0.25, 0.3) is 0 Å². The van der Waals surface area contributed by atoms with E-state index in [9.17, 15) is 0 Å². The first-order chi connectivity index (χ1) is 9.22. The highest BCUT2D eigenvalue weighted by Gasteiger charge is 2.05. The molecule has 0 unspecified atom stereocenters. The molecule has 0 spiro atoms. The fourth-order valence-electron chi connectivity index (χ4n) is 1.99. The summed E-state index contributed by atoms with van der Waals surface area (Å²) in [6.07, 6.45) is 5.40. The first kappa shape index (κ1) is 13.3. The first-order valence-corrected chi connectivity index (χ1v) is 6.21. The van der Waals surface area contributed by atoms with Crippen LogP contribution in [0.2, 0.25) is 0 Å². The minimum absolute atomic E-state index is 0.696. The molecule has 0 amide bonds. The topological polar surface area (TPSA) is 62.3 Å². The standard InChI is InChI=1S/C14H19N3O2/c1-18-13-6-5-11(14(8-13)19-2)4-3-7-17-10-12(15)9-16-17/h5-6,8-10H,3-4,7,15H2,1-2H3. The van der Waals surface area contributed by atoms with Gasteiger partial charge < -0.3 is 15.2 Å². The fourth-order valence-corrected chi connectivity index (χ4v) is 1.99. The van der Waals surface area contributed by atoms with Crippen LogP contribution in [0.15, 0.2) is 30.6 Å². The molecule has 2 aromatic rings. The summed E-state index contributed by atoms with van der Waals surface area (Å²) in [5, 5.41) is 4.16. The number of benzene rings is 1. The van der Waals surface area contributed by atoms with E-state index in [-0.39, 0.29) is 0 Å². The molecule has 0 fully saturated rings. The molecule has 102 valence electrons. The van der Waals surface area contributed by atoms with Crippen molar-refractivity contribution in [3.63, 3.8) is 0 Å². The maximum absolute atomic E-state index is 5.62. The Morgan fingerprint density at radius 2 is 2.11 bits per heavy atom. The van der Waals surface area contributed by atoms with Crippen LogP contribution in [0.4, 0.5) is 5.69 Å². The molecular weight excluding hydrogens is 242 g/mol. The number of nitrogens with zero attached hydrogens (tertiary/aromatic N) is 2. The largest absolute Gasteiger partial charge is 0.497 e. The Kier molecular flexibility index (Phi) is 4.28. The Balaban J connectivity index is 1.95. The van der Waals surface area contributed by atoms with Crippen LogP contribution in [-0.2, 0) is 13.0 Å². The normalized spacial score (nSPS) is 10.4. The van der Waals surface area contributed by atoms with E-state index in [1.165, 1.54) is 5.56 Å².